The molecule has 0 unspecified atom stereocenters. The van der Waals surface area contributed by atoms with Crippen LogP contribution >= 0.6 is 0 Å². The van der Waals surface area contributed by atoms with Gasteiger partial charge in [-0.2, -0.15) is 0 Å². The zero-order valence-corrected chi connectivity index (χ0v) is 18.9. The number of hydrogen-bond acceptors (Lipinski definition) is 5. The van der Waals surface area contributed by atoms with Crippen molar-refractivity contribution in [3.63, 3.8) is 0 Å². The van der Waals surface area contributed by atoms with Crippen molar-refractivity contribution >= 4 is 17.5 Å². The van der Waals surface area contributed by atoms with E-state index in [1.807, 2.05) is 0 Å². The average molecular weight is 421 g/mol. The fraction of sp³-hybridized carbons (Fsp3) is 0.652. The number of carbonyl (C=O) groups is 2. The van der Waals surface area contributed by atoms with Crippen molar-refractivity contribution < 1.29 is 23.8 Å². The SMILES string of the molecule is COC(CC(C)C)(CC(C)C)C(=O)Nc1ccc(OCC(=O)N2CCOCC2)cc1. The molecule has 0 radical (unpaired) electrons. The molecule has 1 aromatic carbocycles. The van der Waals surface area contributed by atoms with Crippen LogP contribution in [0, 0.1) is 11.8 Å². The summed E-state index contributed by atoms with van der Waals surface area (Å²) in [5.74, 6) is 1.05. The molecule has 0 spiro atoms. The zero-order chi connectivity index (χ0) is 22.1. The van der Waals surface area contributed by atoms with E-state index in [4.69, 9.17) is 14.2 Å². The van der Waals surface area contributed by atoms with Crippen LogP contribution in [0.4, 0.5) is 5.69 Å². The van der Waals surface area contributed by atoms with Crippen molar-refractivity contribution in [3.05, 3.63) is 24.3 Å². The van der Waals surface area contributed by atoms with E-state index in [0.29, 0.717) is 62.4 Å². The van der Waals surface area contributed by atoms with E-state index in [2.05, 4.69) is 33.0 Å². The zero-order valence-electron chi connectivity index (χ0n) is 18.9. The number of hydrogen-bond donors (Lipinski definition) is 1. The normalized spacial score (nSPS) is 14.8. The lowest BCUT2D eigenvalue weighted by atomic mass is 9.84. The van der Waals surface area contributed by atoms with Gasteiger partial charge < -0.3 is 24.4 Å². The van der Waals surface area contributed by atoms with E-state index in [0.717, 1.165) is 0 Å². The van der Waals surface area contributed by atoms with Gasteiger partial charge >= 0.3 is 0 Å². The van der Waals surface area contributed by atoms with Gasteiger partial charge in [-0.25, -0.2) is 0 Å². The standard InChI is InChI=1S/C23H36N2O5/c1-17(2)14-23(28-5,15-18(3)4)22(27)24-19-6-8-20(9-7-19)30-16-21(26)25-10-12-29-13-11-25/h6-9,17-18H,10-16H2,1-5H3,(H,24,27). The molecule has 0 aliphatic carbocycles. The van der Waals surface area contributed by atoms with Crippen molar-refractivity contribution in [1.29, 1.82) is 0 Å². The highest BCUT2D eigenvalue weighted by Gasteiger charge is 2.39. The maximum absolute atomic E-state index is 13.1. The van der Waals surface area contributed by atoms with Gasteiger partial charge in [0.2, 0.25) is 0 Å². The van der Waals surface area contributed by atoms with E-state index in [1.165, 1.54) is 0 Å². The Hall–Kier alpha value is -2.12. The highest BCUT2D eigenvalue weighted by molar-refractivity contribution is 5.97. The van der Waals surface area contributed by atoms with Gasteiger partial charge in [0, 0.05) is 25.9 Å². The average Bonchev–Trinajstić information content (AvgIpc) is 2.72. The van der Waals surface area contributed by atoms with Crippen molar-refractivity contribution in [1.82, 2.24) is 4.90 Å². The van der Waals surface area contributed by atoms with Crippen LogP contribution in [0.1, 0.15) is 40.5 Å². The Bertz CT molecular complexity index is 671. The first-order valence-electron chi connectivity index (χ1n) is 10.7. The van der Waals surface area contributed by atoms with Crippen LogP contribution in [0.5, 0.6) is 5.75 Å². The Morgan fingerprint density at radius 3 is 2.13 bits per heavy atom. The molecule has 2 rings (SSSR count). The second kappa shape index (κ2) is 11.3. The van der Waals surface area contributed by atoms with E-state index >= 15 is 0 Å². The van der Waals surface area contributed by atoms with Crippen LogP contribution in [0.25, 0.3) is 0 Å². The quantitative estimate of drug-likeness (QED) is 0.628. The Balaban J connectivity index is 1.95. The molecule has 1 fully saturated rings. The van der Waals surface area contributed by atoms with Crippen LogP contribution in [-0.2, 0) is 19.1 Å². The lowest BCUT2D eigenvalue weighted by Crippen LogP contribution is -2.46. The van der Waals surface area contributed by atoms with Gasteiger partial charge in [-0.05, 0) is 48.9 Å². The van der Waals surface area contributed by atoms with Gasteiger partial charge in [-0.15, -0.1) is 0 Å². The summed E-state index contributed by atoms with van der Waals surface area (Å²) in [6.07, 6.45) is 1.30. The molecule has 0 saturated carbocycles. The molecule has 1 aliphatic heterocycles. The number of nitrogens with zero attached hydrogens (tertiary/aromatic N) is 1. The molecule has 0 atom stereocenters. The van der Waals surface area contributed by atoms with Gasteiger partial charge in [0.25, 0.3) is 11.8 Å². The van der Waals surface area contributed by atoms with Crippen LogP contribution < -0.4 is 10.1 Å². The summed E-state index contributed by atoms with van der Waals surface area (Å²) in [6, 6.07) is 7.05. The Labute approximate surface area is 180 Å². The molecule has 1 heterocycles. The second-order valence-electron chi connectivity index (χ2n) is 8.65. The van der Waals surface area contributed by atoms with Crippen LogP contribution in [0.15, 0.2) is 24.3 Å². The van der Waals surface area contributed by atoms with Crippen LogP contribution in [0.2, 0.25) is 0 Å². The molecule has 0 aromatic heterocycles. The number of rotatable bonds is 10. The lowest BCUT2D eigenvalue weighted by molar-refractivity contribution is -0.142. The lowest BCUT2D eigenvalue weighted by Gasteiger charge is -2.34. The summed E-state index contributed by atoms with van der Waals surface area (Å²) in [7, 11) is 1.60. The molecule has 1 aromatic rings. The number of carbonyl (C=O) groups excluding carboxylic acids is 2. The molecule has 0 bridgehead atoms. The molecule has 2 amide bonds. The van der Waals surface area contributed by atoms with Crippen LogP contribution in [-0.4, -0.2) is 62.3 Å². The number of morpholine rings is 1. The number of ether oxygens (including phenoxy) is 3. The number of nitrogens with one attached hydrogen (secondary N) is 1. The number of amides is 2. The van der Waals surface area contributed by atoms with Crippen molar-refractivity contribution in [2.75, 3.05) is 45.3 Å². The number of anilines is 1. The highest BCUT2D eigenvalue weighted by Crippen LogP contribution is 2.30. The summed E-state index contributed by atoms with van der Waals surface area (Å²) >= 11 is 0. The Kier molecular flexibility index (Phi) is 9.11. The van der Waals surface area contributed by atoms with E-state index in [9.17, 15) is 9.59 Å². The minimum atomic E-state index is -0.859. The summed E-state index contributed by atoms with van der Waals surface area (Å²) in [5.41, 5.74) is -0.192. The molecule has 1 aliphatic rings. The Morgan fingerprint density at radius 1 is 1.07 bits per heavy atom. The third kappa shape index (κ3) is 6.99. The van der Waals surface area contributed by atoms with Gasteiger partial charge in [-0.3, -0.25) is 9.59 Å². The van der Waals surface area contributed by atoms with Crippen molar-refractivity contribution in [3.8, 4) is 5.75 Å². The molecule has 30 heavy (non-hydrogen) atoms. The summed E-state index contributed by atoms with van der Waals surface area (Å²) < 4.78 is 16.6. The number of methoxy groups -OCH3 is 1. The third-order valence-electron chi connectivity index (χ3n) is 5.12. The first kappa shape index (κ1) is 24.2. The smallest absolute Gasteiger partial charge is 0.260 e. The molecular weight excluding hydrogens is 384 g/mol. The highest BCUT2D eigenvalue weighted by atomic mass is 16.5. The first-order chi connectivity index (χ1) is 14.3. The fourth-order valence-corrected chi connectivity index (χ4v) is 3.78. The molecule has 168 valence electrons. The van der Waals surface area contributed by atoms with E-state index < -0.39 is 5.60 Å². The fourth-order valence-electron chi connectivity index (χ4n) is 3.78. The Morgan fingerprint density at radius 2 is 1.63 bits per heavy atom. The second-order valence-corrected chi connectivity index (χ2v) is 8.65. The van der Waals surface area contributed by atoms with Crippen LogP contribution in [0.3, 0.4) is 0 Å². The molecular formula is C23H36N2O5. The molecule has 1 N–H and O–H groups in total. The summed E-state index contributed by atoms with van der Waals surface area (Å²) in [4.78, 5) is 27.0. The minimum absolute atomic E-state index is 0.0126. The summed E-state index contributed by atoms with van der Waals surface area (Å²) in [6.45, 7) is 10.7. The molecule has 7 heteroatoms. The monoisotopic (exact) mass is 420 g/mol. The minimum Gasteiger partial charge on any atom is -0.484 e. The van der Waals surface area contributed by atoms with Crippen molar-refractivity contribution in [2.45, 2.75) is 46.1 Å². The van der Waals surface area contributed by atoms with Gasteiger partial charge in [-0.1, -0.05) is 27.7 Å². The van der Waals surface area contributed by atoms with E-state index in [1.54, 1.807) is 36.3 Å². The third-order valence-corrected chi connectivity index (χ3v) is 5.12. The molecule has 1 saturated heterocycles. The molecule has 7 nitrogen and oxygen atoms in total. The van der Waals surface area contributed by atoms with E-state index in [-0.39, 0.29) is 18.4 Å². The summed E-state index contributed by atoms with van der Waals surface area (Å²) in [5, 5.41) is 2.98. The van der Waals surface area contributed by atoms with Gasteiger partial charge in [0.1, 0.15) is 11.4 Å². The van der Waals surface area contributed by atoms with Crippen molar-refractivity contribution in [2.24, 2.45) is 11.8 Å². The largest absolute Gasteiger partial charge is 0.484 e. The first-order valence-corrected chi connectivity index (χ1v) is 10.7. The van der Waals surface area contributed by atoms with Gasteiger partial charge in [0.15, 0.2) is 6.61 Å². The maximum Gasteiger partial charge on any atom is 0.260 e. The number of benzene rings is 1. The predicted molar refractivity (Wildman–Crippen MR) is 117 cm³/mol. The predicted octanol–water partition coefficient (Wildman–Crippen LogP) is 3.34. The topological polar surface area (TPSA) is 77.1 Å². The maximum atomic E-state index is 13.1. The van der Waals surface area contributed by atoms with Gasteiger partial charge in [0.05, 0.1) is 13.2 Å².